The van der Waals surface area contributed by atoms with Crippen LogP contribution >= 0.6 is 0 Å². The van der Waals surface area contributed by atoms with Gasteiger partial charge in [0.25, 0.3) is 5.91 Å². The lowest BCUT2D eigenvalue weighted by molar-refractivity contribution is 0.0932. The first-order valence-electron chi connectivity index (χ1n) is 11.1. The third kappa shape index (κ3) is 6.93. The molecule has 174 valence electrons. The molecule has 0 unspecified atom stereocenters. The van der Waals surface area contributed by atoms with Gasteiger partial charge in [0.2, 0.25) is 10.0 Å². The van der Waals surface area contributed by atoms with Gasteiger partial charge in [-0.2, -0.15) is 0 Å². The second-order valence-corrected chi connectivity index (χ2v) is 10.8. The van der Waals surface area contributed by atoms with Crippen LogP contribution < -0.4 is 9.62 Å². The van der Waals surface area contributed by atoms with Gasteiger partial charge in [0, 0.05) is 5.56 Å². The molecule has 1 amide bonds. The average molecular weight is 465 g/mol. The molecular weight excluding hydrogens is 432 g/mol. The van der Waals surface area contributed by atoms with Gasteiger partial charge >= 0.3 is 0 Å². The van der Waals surface area contributed by atoms with E-state index in [2.05, 4.69) is 19.2 Å². The van der Waals surface area contributed by atoms with Crippen molar-refractivity contribution in [3.8, 4) is 0 Å². The number of hydrogen-bond donors (Lipinski definition) is 1. The molecule has 0 saturated carbocycles. The van der Waals surface area contributed by atoms with E-state index in [9.17, 15) is 13.2 Å². The van der Waals surface area contributed by atoms with Crippen molar-refractivity contribution in [3.05, 3.63) is 101 Å². The van der Waals surface area contributed by atoms with E-state index in [0.717, 1.165) is 23.1 Å². The number of nitrogens with one attached hydrogen (secondary N) is 1. The molecule has 33 heavy (non-hydrogen) atoms. The largest absolute Gasteiger partial charge is 0.345 e. The summed E-state index contributed by atoms with van der Waals surface area (Å²) in [6.45, 7) is 6.48. The van der Waals surface area contributed by atoms with Crippen molar-refractivity contribution in [1.29, 1.82) is 0 Å². The SMILES string of the molecule is Cc1ccc(CN(c2ccc(C(=O)N[C@@H](CC(C)C)c3ccccc3)cc2)S(C)(=O)=O)cc1. The monoisotopic (exact) mass is 464 g/mol. The number of anilines is 1. The number of benzene rings is 3. The molecule has 5 nitrogen and oxygen atoms in total. The molecule has 0 bridgehead atoms. The maximum Gasteiger partial charge on any atom is 0.251 e. The number of aryl methyl sites for hydroxylation is 1. The number of rotatable bonds is 9. The zero-order valence-corrected chi connectivity index (χ0v) is 20.5. The highest BCUT2D eigenvalue weighted by Crippen LogP contribution is 2.24. The van der Waals surface area contributed by atoms with Crippen LogP contribution in [-0.4, -0.2) is 20.6 Å². The summed E-state index contributed by atoms with van der Waals surface area (Å²) in [6.07, 6.45) is 2.02. The summed E-state index contributed by atoms with van der Waals surface area (Å²) in [7, 11) is -3.50. The van der Waals surface area contributed by atoms with Crippen molar-refractivity contribution >= 4 is 21.6 Å². The maximum absolute atomic E-state index is 13.0. The second kappa shape index (κ2) is 10.7. The number of nitrogens with zero attached hydrogens (tertiary/aromatic N) is 1. The second-order valence-electron chi connectivity index (χ2n) is 8.87. The van der Waals surface area contributed by atoms with Crippen LogP contribution in [0.1, 0.15) is 53.4 Å². The molecule has 0 aliphatic carbocycles. The van der Waals surface area contributed by atoms with Crippen molar-refractivity contribution in [2.24, 2.45) is 5.92 Å². The summed E-state index contributed by atoms with van der Waals surface area (Å²) in [6, 6.07) is 24.3. The molecule has 1 atom stereocenters. The Kier molecular flexibility index (Phi) is 7.92. The van der Waals surface area contributed by atoms with Crippen molar-refractivity contribution in [1.82, 2.24) is 5.32 Å². The van der Waals surface area contributed by atoms with Gasteiger partial charge in [-0.1, -0.05) is 74.0 Å². The minimum Gasteiger partial charge on any atom is -0.345 e. The van der Waals surface area contributed by atoms with E-state index in [1.165, 1.54) is 10.6 Å². The van der Waals surface area contributed by atoms with Gasteiger partial charge in [-0.15, -0.1) is 0 Å². The number of carbonyl (C=O) groups is 1. The minimum absolute atomic E-state index is 0.0903. The van der Waals surface area contributed by atoms with Gasteiger partial charge in [0.1, 0.15) is 0 Å². The molecule has 3 rings (SSSR count). The Balaban J connectivity index is 1.79. The van der Waals surface area contributed by atoms with Crippen LogP contribution in [0.3, 0.4) is 0 Å². The molecule has 3 aromatic carbocycles. The molecule has 0 heterocycles. The van der Waals surface area contributed by atoms with E-state index < -0.39 is 10.0 Å². The summed E-state index contributed by atoms with van der Waals surface area (Å²) in [5.41, 5.74) is 4.10. The molecule has 0 aromatic heterocycles. The Morgan fingerprint density at radius 2 is 1.52 bits per heavy atom. The fraction of sp³-hybridized carbons (Fsp3) is 0.296. The lowest BCUT2D eigenvalue weighted by Crippen LogP contribution is -2.30. The topological polar surface area (TPSA) is 66.5 Å². The normalized spacial score (nSPS) is 12.4. The lowest BCUT2D eigenvalue weighted by Gasteiger charge is -2.23. The van der Waals surface area contributed by atoms with Crippen molar-refractivity contribution in [3.63, 3.8) is 0 Å². The number of hydrogen-bond acceptors (Lipinski definition) is 3. The minimum atomic E-state index is -3.50. The molecule has 1 N–H and O–H groups in total. The van der Waals surface area contributed by atoms with Crippen LogP contribution in [0.2, 0.25) is 0 Å². The predicted octanol–water partition coefficient (Wildman–Crippen LogP) is 5.48. The highest BCUT2D eigenvalue weighted by atomic mass is 32.2. The van der Waals surface area contributed by atoms with Crippen molar-refractivity contribution < 1.29 is 13.2 Å². The third-order valence-corrected chi connectivity index (χ3v) is 6.62. The zero-order valence-electron chi connectivity index (χ0n) is 19.7. The molecule has 0 fully saturated rings. The summed E-state index contributed by atoms with van der Waals surface area (Å²) in [5, 5.41) is 3.13. The number of amides is 1. The summed E-state index contributed by atoms with van der Waals surface area (Å²) in [5.74, 6) is 0.239. The Labute approximate surface area is 197 Å². The average Bonchev–Trinajstić information content (AvgIpc) is 2.78. The summed E-state index contributed by atoms with van der Waals surface area (Å²) < 4.78 is 26.3. The highest BCUT2D eigenvalue weighted by Gasteiger charge is 2.20. The summed E-state index contributed by atoms with van der Waals surface area (Å²) >= 11 is 0. The van der Waals surface area contributed by atoms with E-state index in [1.807, 2.05) is 61.5 Å². The highest BCUT2D eigenvalue weighted by molar-refractivity contribution is 7.92. The van der Waals surface area contributed by atoms with Crippen molar-refractivity contribution in [2.45, 2.75) is 39.8 Å². The van der Waals surface area contributed by atoms with E-state index >= 15 is 0 Å². The molecule has 0 radical (unpaired) electrons. The number of sulfonamides is 1. The van der Waals surface area contributed by atoms with E-state index in [1.54, 1.807) is 24.3 Å². The quantitative estimate of drug-likeness (QED) is 0.456. The summed E-state index contributed by atoms with van der Waals surface area (Å²) in [4.78, 5) is 13.0. The predicted molar refractivity (Wildman–Crippen MR) is 135 cm³/mol. The Hall–Kier alpha value is -3.12. The van der Waals surface area contributed by atoms with E-state index in [4.69, 9.17) is 0 Å². The fourth-order valence-corrected chi connectivity index (χ4v) is 4.60. The van der Waals surface area contributed by atoms with Crippen LogP contribution in [0, 0.1) is 12.8 Å². The van der Waals surface area contributed by atoms with E-state index in [0.29, 0.717) is 17.2 Å². The van der Waals surface area contributed by atoms with Crippen LogP contribution in [-0.2, 0) is 16.6 Å². The van der Waals surface area contributed by atoms with Gasteiger partial charge in [-0.05, 0) is 54.7 Å². The Bertz CT molecular complexity index is 1160. The zero-order chi connectivity index (χ0) is 24.0. The smallest absolute Gasteiger partial charge is 0.251 e. The molecule has 0 saturated heterocycles. The molecular formula is C27H32N2O3S. The molecule has 0 aliphatic heterocycles. The molecule has 0 spiro atoms. The van der Waals surface area contributed by atoms with Crippen LogP contribution in [0.15, 0.2) is 78.9 Å². The van der Waals surface area contributed by atoms with Gasteiger partial charge in [0.05, 0.1) is 24.5 Å². The first-order valence-corrected chi connectivity index (χ1v) is 13.0. The van der Waals surface area contributed by atoms with E-state index in [-0.39, 0.29) is 18.5 Å². The number of carbonyl (C=O) groups excluding carboxylic acids is 1. The molecule has 0 aliphatic rings. The van der Waals surface area contributed by atoms with Crippen molar-refractivity contribution in [2.75, 3.05) is 10.6 Å². The maximum atomic E-state index is 13.0. The van der Waals surface area contributed by atoms with Crippen LogP contribution in [0.25, 0.3) is 0 Å². The standard InChI is InChI=1S/C27H32N2O3S/c1-20(2)18-26(23-8-6-5-7-9-23)28-27(30)24-14-16-25(17-15-24)29(33(4,31)32)19-22-12-10-21(3)11-13-22/h5-17,20,26H,18-19H2,1-4H3,(H,28,30)/t26-/m0/s1. The Morgan fingerprint density at radius 3 is 2.06 bits per heavy atom. The van der Waals surface area contributed by atoms with Crippen LogP contribution in [0.5, 0.6) is 0 Å². The fourth-order valence-electron chi connectivity index (χ4n) is 3.72. The van der Waals surface area contributed by atoms with Crippen LogP contribution in [0.4, 0.5) is 5.69 Å². The van der Waals surface area contributed by atoms with Gasteiger partial charge in [0.15, 0.2) is 0 Å². The molecule has 3 aromatic rings. The Morgan fingerprint density at radius 1 is 0.909 bits per heavy atom. The first-order chi connectivity index (χ1) is 15.6. The van der Waals surface area contributed by atoms with Gasteiger partial charge in [-0.25, -0.2) is 8.42 Å². The third-order valence-electron chi connectivity index (χ3n) is 5.48. The molecule has 6 heteroatoms. The lowest BCUT2D eigenvalue weighted by atomic mass is 9.96. The van der Waals surface area contributed by atoms with Gasteiger partial charge in [-0.3, -0.25) is 9.10 Å². The first kappa shape index (κ1) is 24.5. The van der Waals surface area contributed by atoms with Gasteiger partial charge < -0.3 is 5.32 Å².